The number of anilines is 1. The Morgan fingerprint density at radius 1 is 1.24 bits per heavy atom. The molecule has 17 heavy (non-hydrogen) atoms. The second-order valence-electron chi connectivity index (χ2n) is 4.63. The lowest BCUT2D eigenvalue weighted by molar-refractivity contribution is 0.590. The van der Waals surface area contributed by atoms with Gasteiger partial charge in [-0.3, -0.25) is 5.43 Å². The Hall–Kier alpha value is -2.33. The molecular weight excluding hydrogens is 212 g/mol. The Morgan fingerprint density at radius 3 is 2.41 bits per heavy atom. The number of nitrogens with one attached hydrogen (secondary N) is 1. The van der Waals surface area contributed by atoms with Crippen LogP contribution < -0.4 is 5.43 Å². The summed E-state index contributed by atoms with van der Waals surface area (Å²) in [6, 6.07) is 11.1. The van der Waals surface area contributed by atoms with Crippen molar-refractivity contribution in [3.8, 4) is 12.1 Å². The van der Waals surface area contributed by atoms with E-state index in [2.05, 4.69) is 31.3 Å². The van der Waals surface area contributed by atoms with Crippen LogP contribution in [-0.4, -0.2) is 5.71 Å². The van der Waals surface area contributed by atoms with Crippen LogP contribution in [0.25, 0.3) is 0 Å². The van der Waals surface area contributed by atoms with Gasteiger partial charge in [0.15, 0.2) is 0 Å². The molecule has 4 heteroatoms. The Balaban J connectivity index is 2.93. The summed E-state index contributed by atoms with van der Waals surface area (Å²) in [6.07, 6.45) is 0. The van der Waals surface area contributed by atoms with Crippen molar-refractivity contribution in [2.45, 2.75) is 26.2 Å². The smallest absolute Gasteiger partial charge is 0.237 e. The maximum atomic E-state index is 8.54. The van der Waals surface area contributed by atoms with Gasteiger partial charge in [0.05, 0.1) is 5.69 Å². The minimum Gasteiger partial charge on any atom is -0.277 e. The molecule has 1 aromatic rings. The highest BCUT2D eigenvalue weighted by Gasteiger charge is 2.13. The number of hydrogen-bond acceptors (Lipinski definition) is 4. The molecule has 0 atom stereocenters. The van der Waals surface area contributed by atoms with Crippen molar-refractivity contribution in [1.82, 2.24) is 0 Å². The Morgan fingerprint density at radius 2 is 1.88 bits per heavy atom. The van der Waals surface area contributed by atoms with E-state index in [0.29, 0.717) is 0 Å². The first-order valence-corrected chi connectivity index (χ1v) is 5.22. The molecule has 0 aromatic heterocycles. The summed E-state index contributed by atoms with van der Waals surface area (Å²) < 4.78 is 0. The number of nitrogens with zero attached hydrogens (tertiary/aromatic N) is 3. The van der Waals surface area contributed by atoms with Crippen LogP contribution in [0.4, 0.5) is 5.69 Å². The van der Waals surface area contributed by atoms with Crippen LogP contribution in [-0.2, 0) is 5.41 Å². The van der Waals surface area contributed by atoms with Crippen LogP contribution in [0.15, 0.2) is 29.4 Å². The fourth-order valence-corrected chi connectivity index (χ4v) is 1.25. The maximum Gasteiger partial charge on any atom is 0.237 e. The summed E-state index contributed by atoms with van der Waals surface area (Å²) in [7, 11) is 0. The molecule has 0 saturated heterocycles. The second kappa shape index (κ2) is 5.14. The van der Waals surface area contributed by atoms with Crippen LogP contribution >= 0.6 is 0 Å². The van der Waals surface area contributed by atoms with Crippen molar-refractivity contribution in [2.24, 2.45) is 5.10 Å². The second-order valence-corrected chi connectivity index (χ2v) is 4.63. The van der Waals surface area contributed by atoms with Gasteiger partial charge in [-0.25, -0.2) is 0 Å². The Labute approximate surface area is 101 Å². The van der Waals surface area contributed by atoms with Gasteiger partial charge in [-0.05, 0) is 23.1 Å². The molecule has 0 saturated carbocycles. The highest BCUT2D eigenvalue weighted by Crippen LogP contribution is 2.24. The van der Waals surface area contributed by atoms with Crippen molar-refractivity contribution in [1.29, 1.82) is 10.5 Å². The van der Waals surface area contributed by atoms with Gasteiger partial charge < -0.3 is 0 Å². The van der Waals surface area contributed by atoms with Crippen molar-refractivity contribution in [3.05, 3.63) is 29.8 Å². The average Bonchev–Trinajstić information content (AvgIpc) is 2.30. The minimum absolute atomic E-state index is 0.0503. The van der Waals surface area contributed by atoms with Gasteiger partial charge in [0.2, 0.25) is 5.71 Å². The number of benzene rings is 1. The molecule has 0 fully saturated rings. The molecule has 0 bridgehead atoms. The van der Waals surface area contributed by atoms with Crippen LogP contribution in [0.1, 0.15) is 26.3 Å². The molecule has 1 N–H and O–H groups in total. The van der Waals surface area contributed by atoms with E-state index in [1.807, 2.05) is 24.3 Å². The molecule has 0 spiro atoms. The first-order chi connectivity index (χ1) is 7.97. The van der Waals surface area contributed by atoms with Gasteiger partial charge in [0, 0.05) is 0 Å². The molecule has 0 radical (unpaired) electrons. The van der Waals surface area contributed by atoms with E-state index in [-0.39, 0.29) is 11.1 Å². The first-order valence-electron chi connectivity index (χ1n) is 5.22. The zero-order chi connectivity index (χ0) is 12.9. The topological polar surface area (TPSA) is 72.0 Å². The first kappa shape index (κ1) is 12.7. The monoisotopic (exact) mass is 226 g/mol. The largest absolute Gasteiger partial charge is 0.277 e. The maximum absolute atomic E-state index is 8.54. The van der Waals surface area contributed by atoms with E-state index < -0.39 is 0 Å². The lowest BCUT2D eigenvalue weighted by atomic mass is 9.87. The molecule has 0 amide bonds. The van der Waals surface area contributed by atoms with E-state index in [1.165, 1.54) is 0 Å². The molecule has 0 aliphatic carbocycles. The normalized spacial score (nSPS) is 9.94. The third-order valence-corrected chi connectivity index (χ3v) is 2.24. The number of rotatable bonds is 2. The van der Waals surface area contributed by atoms with E-state index in [9.17, 15) is 0 Å². The summed E-state index contributed by atoms with van der Waals surface area (Å²) in [5.74, 6) is 0. The summed E-state index contributed by atoms with van der Waals surface area (Å²) in [6.45, 7) is 6.35. The molecule has 4 nitrogen and oxygen atoms in total. The third kappa shape index (κ3) is 3.62. The summed E-state index contributed by atoms with van der Waals surface area (Å²) in [4.78, 5) is 0. The van der Waals surface area contributed by atoms with Crippen molar-refractivity contribution in [2.75, 3.05) is 5.43 Å². The standard InChI is InChI=1S/C13H14N4/c1-13(2,3)10-5-4-6-11(7-10)16-17-12(8-14)9-15/h4-7,16H,1-3H3. The Kier molecular flexibility index (Phi) is 3.85. The number of hydrogen-bond donors (Lipinski definition) is 1. The number of hydrazone groups is 1. The highest BCUT2D eigenvalue weighted by atomic mass is 15.3. The molecular formula is C13H14N4. The molecule has 86 valence electrons. The van der Waals surface area contributed by atoms with Crippen molar-refractivity contribution in [3.63, 3.8) is 0 Å². The van der Waals surface area contributed by atoms with Gasteiger partial charge in [-0.15, -0.1) is 0 Å². The van der Waals surface area contributed by atoms with Gasteiger partial charge in [0.1, 0.15) is 12.1 Å². The fraction of sp³-hybridized carbons (Fsp3) is 0.308. The summed E-state index contributed by atoms with van der Waals surface area (Å²) in [5.41, 5.74) is 4.49. The SMILES string of the molecule is CC(C)(C)c1cccc(NN=C(C#N)C#N)c1. The molecule has 1 rings (SSSR count). The summed E-state index contributed by atoms with van der Waals surface area (Å²) >= 11 is 0. The van der Waals surface area contributed by atoms with E-state index >= 15 is 0 Å². The zero-order valence-electron chi connectivity index (χ0n) is 10.2. The van der Waals surface area contributed by atoms with Crippen LogP contribution in [0.5, 0.6) is 0 Å². The van der Waals surface area contributed by atoms with Gasteiger partial charge in [-0.1, -0.05) is 32.9 Å². The Bertz CT molecular complexity index is 493. The minimum atomic E-state index is -0.189. The highest BCUT2D eigenvalue weighted by molar-refractivity contribution is 6.10. The van der Waals surface area contributed by atoms with E-state index in [1.54, 1.807) is 12.1 Å². The van der Waals surface area contributed by atoms with E-state index in [4.69, 9.17) is 10.5 Å². The van der Waals surface area contributed by atoms with Crippen molar-refractivity contribution >= 4 is 11.4 Å². The van der Waals surface area contributed by atoms with Gasteiger partial charge in [0.25, 0.3) is 0 Å². The van der Waals surface area contributed by atoms with Gasteiger partial charge in [-0.2, -0.15) is 15.6 Å². The average molecular weight is 226 g/mol. The molecule has 0 aliphatic rings. The predicted octanol–water partition coefficient (Wildman–Crippen LogP) is 2.80. The summed E-state index contributed by atoms with van der Waals surface area (Å²) in [5, 5.41) is 20.8. The molecule has 1 aromatic carbocycles. The van der Waals surface area contributed by atoms with Gasteiger partial charge >= 0.3 is 0 Å². The fourth-order valence-electron chi connectivity index (χ4n) is 1.25. The van der Waals surface area contributed by atoms with Crippen LogP contribution in [0.2, 0.25) is 0 Å². The zero-order valence-corrected chi connectivity index (χ0v) is 10.2. The molecule has 0 unspecified atom stereocenters. The van der Waals surface area contributed by atoms with Crippen LogP contribution in [0, 0.1) is 22.7 Å². The number of nitriles is 2. The lowest BCUT2D eigenvalue weighted by Crippen LogP contribution is -2.11. The third-order valence-electron chi connectivity index (χ3n) is 2.24. The lowest BCUT2D eigenvalue weighted by Gasteiger charge is -2.19. The predicted molar refractivity (Wildman–Crippen MR) is 67.4 cm³/mol. The van der Waals surface area contributed by atoms with Crippen LogP contribution in [0.3, 0.4) is 0 Å². The quantitative estimate of drug-likeness (QED) is 0.622. The molecule has 0 aliphatic heterocycles. The molecule has 0 heterocycles. The van der Waals surface area contributed by atoms with Crippen molar-refractivity contribution < 1.29 is 0 Å². The van der Waals surface area contributed by atoms with E-state index in [0.717, 1.165) is 11.3 Å².